The number of benzene rings is 1. The summed E-state index contributed by atoms with van der Waals surface area (Å²) in [7, 11) is 0. The Kier molecular flexibility index (Phi) is 2.75. The summed E-state index contributed by atoms with van der Waals surface area (Å²) in [6.07, 6.45) is 0. The Morgan fingerprint density at radius 2 is 2.25 bits per heavy atom. The molecule has 0 spiro atoms. The van der Waals surface area contributed by atoms with Gasteiger partial charge in [0.1, 0.15) is 0 Å². The minimum absolute atomic E-state index is 0.102. The second-order valence-electron chi connectivity index (χ2n) is 2.15. The SMILES string of the molecule is O=[N+]([O-])c1cccc(C(F)Br)c1. The fourth-order valence-corrected chi connectivity index (χ4v) is 1.06. The van der Waals surface area contributed by atoms with Crippen molar-refractivity contribution in [2.75, 3.05) is 0 Å². The molecule has 0 bridgehead atoms. The highest BCUT2D eigenvalue weighted by molar-refractivity contribution is 9.09. The monoisotopic (exact) mass is 233 g/mol. The van der Waals surface area contributed by atoms with E-state index in [1.807, 2.05) is 0 Å². The van der Waals surface area contributed by atoms with Gasteiger partial charge >= 0.3 is 0 Å². The van der Waals surface area contributed by atoms with Gasteiger partial charge in [0.05, 0.1) is 4.92 Å². The van der Waals surface area contributed by atoms with Crippen molar-refractivity contribution in [1.82, 2.24) is 0 Å². The lowest BCUT2D eigenvalue weighted by molar-refractivity contribution is -0.384. The van der Waals surface area contributed by atoms with Gasteiger partial charge < -0.3 is 0 Å². The lowest BCUT2D eigenvalue weighted by atomic mass is 10.2. The van der Waals surface area contributed by atoms with Gasteiger partial charge in [-0.3, -0.25) is 10.1 Å². The van der Waals surface area contributed by atoms with Gasteiger partial charge in [0.25, 0.3) is 5.69 Å². The minimum Gasteiger partial charge on any atom is -0.258 e. The van der Waals surface area contributed by atoms with Gasteiger partial charge in [0, 0.05) is 17.7 Å². The van der Waals surface area contributed by atoms with Crippen LogP contribution in [0.2, 0.25) is 0 Å². The third-order valence-corrected chi connectivity index (χ3v) is 1.86. The molecule has 1 unspecified atom stereocenters. The number of nitrogens with zero attached hydrogens (tertiary/aromatic N) is 1. The molecule has 0 amide bonds. The van der Waals surface area contributed by atoms with Crippen molar-refractivity contribution in [2.45, 2.75) is 5.08 Å². The molecular weight excluding hydrogens is 229 g/mol. The Hall–Kier alpha value is -0.970. The molecule has 0 radical (unpaired) electrons. The summed E-state index contributed by atoms with van der Waals surface area (Å²) < 4.78 is 12.6. The molecule has 5 heteroatoms. The highest BCUT2D eigenvalue weighted by Gasteiger charge is 2.09. The standard InChI is InChI=1S/C7H5BrFNO2/c8-7(9)5-2-1-3-6(4-5)10(11)12/h1-4,7H. The number of non-ortho nitro benzene ring substituents is 1. The van der Waals surface area contributed by atoms with E-state index in [2.05, 4.69) is 15.9 Å². The molecular formula is C7H5BrFNO2. The van der Waals surface area contributed by atoms with Gasteiger partial charge in [0.2, 0.25) is 0 Å². The number of nitro groups is 1. The molecule has 0 aliphatic carbocycles. The Bertz CT molecular complexity index is 303. The van der Waals surface area contributed by atoms with Crippen LogP contribution in [0.5, 0.6) is 0 Å². The summed E-state index contributed by atoms with van der Waals surface area (Å²) in [4.78, 5) is 9.69. The van der Waals surface area contributed by atoms with Crippen LogP contribution in [-0.4, -0.2) is 4.92 Å². The Morgan fingerprint density at radius 3 is 2.75 bits per heavy atom. The average molecular weight is 234 g/mol. The van der Waals surface area contributed by atoms with Gasteiger partial charge in [-0.05, 0) is 15.9 Å². The molecule has 0 aliphatic heterocycles. The van der Waals surface area contributed by atoms with Crippen molar-refractivity contribution in [3.8, 4) is 0 Å². The molecule has 1 rings (SSSR count). The maximum atomic E-state index is 12.6. The van der Waals surface area contributed by atoms with Crippen LogP contribution in [0.25, 0.3) is 0 Å². The molecule has 1 aromatic carbocycles. The normalized spacial score (nSPS) is 12.5. The van der Waals surface area contributed by atoms with Crippen LogP contribution >= 0.6 is 15.9 Å². The molecule has 0 N–H and O–H groups in total. The Balaban J connectivity index is 3.04. The first-order chi connectivity index (χ1) is 5.61. The zero-order chi connectivity index (χ0) is 9.14. The largest absolute Gasteiger partial charge is 0.269 e. The van der Waals surface area contributed by atoms with Crippen molar-refractivity contribution in [2.24, 2.45) is 0 Å². The summed E-state index contributed by atoms with van der Waals surface area (Å²) >= 11 is 2.68. The molecule has 1 atom stereocenters. The van der Waals surface area contributed by atoms with E-state index in [-0.39, 0.29) is 11.3 Å². The van der Waals surface area contributed by atoms with Gasteiger partial charge in [-0.25, -0.2) is 4.39 Å². The maximum Gasteiger partial charge on any atom is 0.269 e. The highest BCUT2D eigenvalue weighted by atomic mass is 79.9. The quantitative estimate of drug-likeness (QED) is 0.448. The average Bonchev–Trinajstić information content (AvgIpc) is 2.04. The van der Waals surface area contributed by atoms with Gasteiger partial charge in [0.15, 0.2) is 5.08 Å². The fraction of sp³-hybridized carbons (Fsp3) is 0.143. The molecule has 0 aromatic heterocycles. The Morgan fingerprint density at radius 1 is 1.58 bits per heavy atom. The van der Waals surface area contributed by atoms with E-state index in [1.165, 1.54) is 24.3 Å². The number of nitro benzene ring substituents is 1. The second-order valence-corrected chi connectivity index (χ2v) is 2.96. The zero-order valence-electron chi connectivity index (χ0n) is 5.91. The van der Waals surface area contributed by atoms with Crippen LogP contribution in [0.1, 0.15) is 10.6 Å². The van der Waals surface area contributed by atoms with E-state index in [1.54, 1.807) is 0 Å². The number of halogens is 2. The third-order valence-electron chi connectivity index (χ3n) is 1.33. The van der Waals surface area contributed by atoms with Crippen molar-refractivity contribution >= 4 is 21.6 Å². The first-order valence-corrected chi connectivity index (χ1v) is 4.05. The lowest BCUT2D eigenvalue weighted by Gasteiger charge is -1.98. The smallest absolute Gasteiger partial charge is 0.258 e. The molecule has 0 fully saturated rings. The van der Waals surface area contributed by atoms with E-state index in [0.717, 1.165) is 0 Å². The lowest BCUT2D eigenvalue weighted by Crippen LogP contribution is -1.89. The van der Waals surface area contributed by atoms with Crippen LogP contribution in [0.15, 0.2) is 24.3 Å². The van der Waals surface area contributed by atoms with Crippen molar-refractivity contribution < 1.29 is 9.31 Å². The summed E-state index contributed by atoms with van der Waals surface area (Å²) in [5, 5.41) is 8.89. The predicted octanol–water partition coefficient (Wildman–Crippen LogP) is 2.96. The van der Waals surface area contributed by atoms with Gasteiger partial charge in [-0.15, -0.1) is 0 Å². The van der Waals surface area contributed by atoms with E-state index in [4.69, 9.17) is 0 Å². The number of hydrogen-bond donors (Lipinski definition) is 0. The summed E-state index contributed by atoms with van der Waals surface area (Å²) in [6.45, 7) is 0. The van der Waals surface area contributed by atoms with E-state index in [0.29, 0.717) is 0 Å². The van der Waals surface area contributed by atoms with E-state index in [9.17, 15) is 14.5 Å². The molecule has 0 heterocycles. The number of alkyl halides is 2. The van der Waals surface area contributed by atoms with Crippen molar-refractivity contribution in [3.05, 3.63) is 39.9 Å². The fourth-order valence-electron chi connectivity index (χ4n) is 0.774. The molecule has 12 heavy (non-hydrogen) atoms. The van der Waals surface area contributed by atoms with Gasteiger partial charge in [-0.1, -0.05) is 12.1 Å². The summed E-state index contributed by atoms with van der Waals surface area (Å²) in [6, 6.07) is 5.44. The van der Waals surface area contributed by atoms with Crippen LogP contribution in [0.3, 0.4) is 0 Å². The minimum atomic E-state index is -1.35. The molecule has 3 nitrogen and oxygen atoms in total. The second kappa shape index (κ2) is 3.62. The van der Waals surface area contributed by atoms with Gasteiger partial charge in [-0.2, -0.15) is 0 Å². The number of rotatable bonds is 2. The van der Waals surface area contributed by atoms with E-state index < -0.39 is 10.0 Å². The van der Waals surface area contributed by atoms with Crippen LogP contribution in [0.4, 0.5) is 10.1 Å². The zero-order valence-corrected chi connectivity index (χ0v) is 7.49. The van der Waals surface area contributed by atoms with Crippen molar-refractivity contribution in [1.29, 1.82) is 0 Å². The predicted molar refractivity (Wildman–Crippen MR) is 45.9 cm³/mol. The van der Waals surface area contributed by atoms with E-state index >= 15 is 0 Å². The van der Waals surface area contributed by atoms with Crippen LogP contribution < -0.4 is 0 Å². The molecule has 1 aromatic rings. The molecule has 0 saturated carbocycles. The maximum absolute atomic E-state index is 12.6. The molecule has 0 aliphatic rings. The van der Waals surface area contributed by atoms with Crippen LogP contribution in [0, 0.1) is 10.1 Å². The van der Waals surface area contributed by atoms with Crippen molar-refractivity contribution in [3.63, 3.8) is 0 Å². The number of hydrogen-bond acceptors (Lipinski definition) is 2. The topological polar surface area (TPSA) is 43.1 Å². The first kappa shape index (κ1) is 9.12. The molecule has 64 valence electrons. The highest BCUT2D eigenvalue weighted by Crippen LogP contribution is 2.26. The summed E-state index contributed by atoms with van der Waals surface area (Å²) in [5.74, 6) is 0. The molecule has 0 saturated heterocycles. The summed E-state index contributed by atoms with van der Waals surface area (Å²) in [5.41, 5.74) is 0.152. The Labute approximate surface area is 76.5 Å². The van der Waals surface area contributed by atoms with Crippen LogP contribution in [-0.2, 0) is 0 Å². The first-order valence-electron chi connectivity index (χ1n) is 3.14. The third kappa shape index (κ3) is 2.01.